The van der Waals surface area contributed by atoms with Gasteiger partial charge in [-0.15, -0.1) is 0 Å². The molecule has 0 spiro atoms. The van der Waals surface area contributed by atoms with E-state index in [1.165, 1.54) is 19.3 Å². The van der Waals surface area contributed by atoms with Gasteiger partial charge in [-0.05, 0) is 37.0 Å². The Morgan fingerprint density at radius 1 is 1.35 bits per heavy atom. The summed E-state index contributed by atoms with van der Waals surface area (Å²) in [5.41, 5.74) is 2.16. The van der Waals surface area contributed by atoms with Gasteiger partial charge >= 0.3 is 5.97 Å². The second kappa shape index (κ2) is 7.14. The Morgan fingerprint density at radius 3 is 2.75 bits per heavy atom. The van der Waals surface area contributed by atoms with Gasteiger partial charge in [-0.25, -0.2) is 0 Å². The van der Waals surface area contributed by atoms with Crippen LogP contribution in [-0.4, -0.2) is 37.8 Å². The minimum Gasteiger partial charge on any atom is -0.495 e. The first-order valence-electron chi connectivity index (χ1n) is 7.05. The van der Waals surface area contributed by atoms with Crippen molar-refractivity contribution in [1.82, 2.24) is 5.32 Å². The first-order valence-corrected chi connectivity index (χ1v) is 7.05. The van der Waals surface area contributed by atoms with Crippen LogP contribution in [0.25, 0.3) is 0 Å². The van der Waals surface area contributed by atoms with Crippen LogP contribution < -0.4 is 15.0 Å². The van der Waals surface area contributed by atoms with Crippen molar-refractivity contribution >= 4 is 11.7 Å². The number of piperidine rings is 1. The molecule has 0 aliphatic carbocycles. The van der Waals surface area contributed by atoms with Gasteiger partial charge in [-0.1, -0.05) is 6.07 Å². The van der Waals surface area contributed by atoms with Gasteiger partial charge in [0.05, 0.1) is 19.3 Å². The number of nitrogens with zero attached hydrogens (tertiary/aromatic N) is 1. The second-order valence-corrected chi connectivity index (χ2v) is 5.05. The van der Waals surface area contributed by atoms with Crippen LogP contribution in [0.3, 0.4) is 0 Å². The van der Waals surface area contributed by atoms with Gasteiger partial charge in [0.2, 0.25) is 0 Å². The van der Waals surface area contributed by atoms with Crippen LogP contribution in [0.4, 0.5) is 5.69 Å². The summed E-state index contributed by atoms with van der Waals surface area (Å²) in [6.45, 7) is 2.65. The van der Waals surface area contributed by atoms with Gasteiger partial charge in [-0.2, -0.15) is 0 Å². The van der Waals surface area contributed by atoms with Gasteiger partial charge in [-0.3, -0.25) is 4.79 Å². The third kappa shape index (κ3) is 3.87. The molecule has 20 heavy (non-hydrogen) atoms. The smallest absolute Gasteiger partial charge is 0.317 e. The van der Waals surface area contributed by atoms with Crippen molar-refractivity contribution in [3.8, 4) is 5.75 Å². The van der Waals surface area contributed by atoms with E-state index >= 15 is 0 Å². The summed E-state index contributed by atoms with van der Waals surface area (Å²) in [5.74, 6) is 0.0171. The molecule has 110 valence electrons. The summed E-state index contributed by atoms with van der Waals surface area (Å²) in [7, 11) is 1.68. The summed E-state index contributed by atoms with van der Waals surface area (Å²) < 4.78 is 5.48. The Bertz CT molecular complexity index is 456. The predicted octanol–water partition coefficient (Wildman–Crippen LogP) is 1.86. The van der Waals surface area contributed by atoms with Crippen LogP contribution >= 0.6 is 0 Å². The molecule has 5 nitrogen and oxygen atoms in total. The fraction of sp³-hybridized carbons (Fsp3) is 0.533. The van der Waals surface area contributed by atoms with Crippen LogP contribution in [0.1, 0.15) is 24.8 Å². The summed E-state index contributed by atoms with van der Waals surface area (Å²) in [4.78, 5) is 12.8. The summed E-state index contributed by atoms with van der Waals surface area (Å²) in [6.07, 6.45) is 3.76. The highest BCUT2D eigenvalue weighted by atomic mass is 16.5. The zero-order valence-corrected chi connectivity index (χ0v) is 11.9. The fourth-order valence-corrected chi connectivity index (χ4v) is 2.54. The molecule has 1 aliphatic rings. The van der Waals surface area contributed by atoms with Crippen LogP contribution in [-0.2, 0) is 11.3 Å². The average Bonchev–Trinajstić information content (AvgIpc) is 2.47. The number of rotatable bonds is 6. The van der Waals surface area contributed by atoms with Crippen molar-refractivity contribution in [3.05, 3.63) is 23.8 Å². The quantitative estimate of drug-likeness (QED) is 0.831. The van der Waals surface area contributed by atoms with Crippen LogP contribution in [0, 0.1) is 0 Å². The number of carboxylic acids is 1. The minimum atomic E-state index is -0.845. The number of carboxylic acid groups (broad SMARTS) is 1. The van der Waals surface area contributed by atoms with Crippen molar-refractivity contribution in [2.75, 3.05) is 31.6 Å². The van der Waals surface area contributed by atoms with Crippen molar-refractivity contribution in [2.45, 2.75) is 25.8 Å². The molecule has 0 unspecified atom stereocenters. The summed E-state index contributed by atoms with van der Waals surface area (Å²) in [6, 6.07) is 6.09. The van der Waals surface area contributed by atoms with E-state index in [9.17, 15) is 4.79 Å². The van der Waals surface area contributed by atoms with Crippen molar-refractivity contribution in [3.63, 3.8) is 0 Å². The number of aliphatic carboxylic acids is 1. The molecular formula is C15H22N2O3. The minimum absolute atomic E-state index is 0.0316. The molecular weight excluding hydrogens is 256 g/mol. The molecule has 0 bridgehead atoms. The maximum Gasteiger partial charge on any atom is 0.317 e. The van der Waals surface area contributed by atoms with E-state index in [2.05, 4.69) is 16.3 Å². The monoisotopic (exact) mass is 278 g/mol. The highest BCUT2D eigenvalue weighted by Crippen LogP contribution is 2.31. The van der Waals surface area contributed by atoms with Crippen LogP contribution in [0.2, 0.25) is 0 Å². The third-order valence-electron chi connectivity index (χ3n) is 3.55. The Kier molecular flexibility index (Phi) is 5.24. The van der Waals surface area contributed by atoms with Crippen molar-refractivity contribution < 1.29 is 14.6 Å². The Morgan fingerprint density at radius 2 is 2.10 bits per heavy atom. The third-order valence-corrected chi connectivity index (χ3v) is 3.55. The molecule has 0 radical (unpaired) electrons. The number of anilines is 1. The molecule has 0 aromatic heterocycles. The SMILES string of the molecule is COc1cc(CNCC(=O)O)ccc1N1CCCCC1. The maximum atomic E-state index is 10.5. The molecule has 1 aromatic carbocycles. The van der Waals surface area contributed by atoms with E-state index in [0.29, 0.717) is 6.54 Å². The van der Waals surface area contributed by atoms with Gasteiger partial charge in [0.25, 0.3) is 0 Å². The number of ether oxygens (including phenoxy) is 1. The molecule has 0 atom stereocenters. The lowest BCUT2D eigenvalue weighted by molar-refractivity contribution is -0.135. The predicted molar refractivity (Wildman–Crippen MR) is 78.4 cm³/mol. The van der Waals surface area contributed by atoms with E-state index in [-0.39, 0.29) is 6.54 Å². The molecule has 0 amide bonds. The molecule has 1 aromatic rings. The van der Waals surface area contributed by atoms with Crippen molar-refractivity contribution in [2.24, 2.45) is 0 Å². The molecule has 1 heterocycles. The fourth-order valence-electron chi connectivity index (χ4n) is 2.54. The Labute approximate surface area is 119 Å². The van der Waals surface area contributed by atoms with E-state index in [0.717, 1.165) is 30.1 Å². The molecule has 0 saturated carbocycles. The Balaban J connectivity index is 2.04. The average molecular weight is 278 g/mol. The number of nitrogens with one attached hydrogen (secondary N) is 1. The van der Waals surface area contributed by atoms with E-state index < -0.39 is 5.97 Å². The summed E-state index contributed by atoms with van der Waals surface area (Å²) in [5, 5.41) is 11.5. The first kappa shape index (κ1) is 14.7. The lowest BCUT2D eigenvalue weighted by Gasteiger charge is -2.30. The lowest BCUT2D eigenvalue weighted by atomic mass is 10.1. The van der Waals surface area contributed by atoms with Gasteiger partial charge in [0.15, 0.2) is 0 Å². The molecule has 1 aliphatic heterocycles. The molecule has 2 N–H and O–H groups in total. The van der Waals surface area contributed by atoms with E-state index in [4.69, 9.17) is 9.84 Å². The summed E-state index contributed by atoms with van der Waals surface area (Å²) >= 11 is 0. The van der Waals surface area contributed by atoms with Crippen LogP contribution in [0.15, 0.2) is 18.2 Å². The second-order valence-electron chi connectivity index (χ2n) is 5.05. The molecule has 1 saturated heterocycles. The largest absolute Gasteiger partial charge is 0.495 e. The first-order chi connectivity index (χ1) is 9.70. The van der Waals surface area contributed by atoms with Gasteiger partial charge < -0.3 is 20.1 Å². The van der Waals surface area contributed by atoms with E-state index in [1.807, 2.05) is 12.1 Å². The van der Waals surface area contributed by atoms with Gasteiger partial charge in [0.1, 0.15) is 5.75 Å². The molecule has 1 fully saturated rings. The lowest BCUT2D eigenvalue weighted by Crippen LogP contribution is -2.29. The topological polar surface area (TPSA) is 61.8 Å². The highest BCUT2D eigenvalue weighted by molar-refractivity contribution is 5.69. The molecule has 2 rings (SSSR count). The normalized spacial score (nSPS) is 15.2. The standard InChI is InChI=1S/C15H22N2O3/c1-20-14-9-12(10-16-11-15(18)19)5-6-13(14)17-7-3-2-4-8-17/h5-6,9,16H,2-4,7-8,10-11H2,1H3,(H,18,19). The number of methoxy groups -OCH3 is 1. The van der Waals surface area contributed by atoms with Gasteiger partial charge in [0, 0.05) is 19.6 Å². The number of hydrogen-bond donors (Lipinski definition) is 2. The van der Waals surface area contributed by atoms with E-state index in [1.54, 1.807) is 7.11 Å². The number of benzene rings is 1. The maximum absolute atomic E-state index is 10.5. The Hall–Kier alpha value is -1.75. The van der Waals surface area contributed by atoms with Crippen molar-refractivity contribution in [1.29, 1.82) is 0 Å². The zero-order chi connectivity index (χ0) is 14.4. The number of hydrogen-bond acceptors (Lipinski definition) is 4. The zero-order valence-electron chi connectivity index (χ0n) is 11.9. The molecule has 5 heteroatoms. The highest BCUT2D eigenvalue weighted by Gasteiger charge is 2.15. The number of carbonyl (C=O) groups is 1. The van der Waals surface area contributed by atoms with Crippen LogP contribution in [0.5, 0.6) is 5.75 Å².